The summed E-state index contributed by atoms with van der Waals surface area (Å²) in [6, 6.07) is 25.1. The number of carbonyl (C=O) groups is 2. The predicted molar refractivity (Wildman–Crippen MR) is 228 cm³/mol. The Morgan fingerprint density at radius 1 is 0.712 bits per heavy atom. The van der Waals surface area contributed by atoms with Crippen LogP contribution in [0.2, 0.25) is 0 Å². The van der Waals surface area contributed by atoms with Crippen molar-refractivity contribution in [3.63, 3.8) is 0 Å². The molecule has 4 aromatic rings. The molecule has 5 aliphatic rings. The highest BCUT2D eigenvalue weighted by molar-refractivity contribution is 5.86. The summed E-state index contributed by atoms with van der Waals surface area (Å²) in [7, 11) is 0. The molecule has 0 aliphatic carbocycles. The van der Waals surface area contributed by atoms with E-state index >= 15 is 0 Å². The summed E-state index contributed by atoms with van der Waals surface area (Å²) in [6.07, 6.45) is 8.64. The minimum absolute atomic E-state index is 0. The van der Waals surface area contributed by atoms with Crippen molar-refractivity contribution in [2.24, 2.45) is 5.73 Å². The molecule has 2 aromatic heterocycles. The van der Waals surface area contributed by atoms with Crippen LogP contribution in [0.25, 0.3) is 0 Å². The summed E-state index contributed by atoms with van der Waals surface area (Å²) >= 11 is 0. The molecule has 2 aromatic carbocycles. The highest BCUT2D eigenvalue weighted by Crippen LogP contribution is 2.35. The van der Waals surface area contributed by atoms with Gasteiger partial charge in [0.05, 0.1) is 6.54 Å². The summed E-state index contributed by atoms with van der Waals surface area (Å²) < 4.78 is 23.5. The number of likely N-dealkylation sites (tertiary alicyclic amines) is 3. The maximum absolute atomic E-state index is 12.3. The van der Waals surface area contributed by atoms with Crippen LogP contribution < -0.4 is 30.0 Å². The van der Waals surface area contributed by atoms with Crippen molar-refractivity contribution >= 4 is 24.2 Å². The third kappa shape index (κ3) is 11.6. The molecule has 5 aliphatic heterocycles. The lowest BCUT2D eigenvalue weighted by molar-refractivity contribution is -0.133. The second-order valence-corrected chi connectivity index (χ2v) is 15.6. The van der Waals surface area contributed by atoms with E-state index in [1.54, 1.807) is 17.3 Å². The van der Waals surface area contributed by atoms with Gasteiger partial charge in [0, 0.05) is 63.6 Å². The van der Waals surface area contributed by atoms with Gasteiger partial charge in [0.15, 0.2) is 23.7 Å². The number of rotatable bonds is 9. The van der Waals surface area contributed by atoms with Gasteiger partial charge in [-0.15, -0.1) is 12.4 Å². The average Bonchev–Trinajstić information content (AvgIpc) is 3.66. The Bertz CT molecular complexity index is 1960. The van der Waals surface area contributed by atoms with E-state index in [0.717, 1.165) is 82.5 Å². The molecule has 7 heterocycles. The SMILES string of the molecule is C.Cl.NC1CCN(Cc2ccc([C@H]3COc4cccnc4O3)cc2)CC1.O=C(CN1CCCC1=O)NC1CCN(Cc2ccc([C@H]3COc4cccnc4O3)cc2)CC1. The van der Waals surface area contributed by atoms with Crippen molar-refractivity contribution in [3.8, 4) is 23.3 Å². The molecule has 0 spiro atoms. The number of benzene rings is 2. The van der Waals surface area contributed by atoms with E-state index in [1.807, 2.05) is 24.3 Å². The molecule has 316 valence electrons. The number of hydrogen-bond acceptors (Lipinski definition) is 11. The fourth-order valence-electron chi connectivity index (χ4n) is 8.00. The molecule has 0 radical (unpaired) electrons. The van der Waals surface area contributed by atoms with Gasteiger partial charge in [-0.3, -0.25) is 19.4 Å². The molecule has 0 saturated carbocycles. The number of hydrogen-bond donors (Lipinski definition) is 2. The largest absolute Gasteiger partial charge is 0.484 e. The molecule has 59 heavy (non-hydrogen) atoms. The monoisotopic (exact) mass is 827 g/mol. The van der Waals surface area contributed by atoms with E-state index in [0.29, 0.717) is 55.5 Å². The van der Waals surface area contributed by atoms with Gasteiger partial charge in [-0.05, 0) is 91.7 Å². The molecule has 0 bridgehead atoms. The van der Waals surface area contributed by atoms with Crippen molar-refractivity contribution in [3.05, 3.63) is 107 Å². The summed E-state index contributed by atoms with van der Waals surface area (Å²) in [5.41, 5.74) is 10.7. The van der Waals surface area contributed by atoms with Gasteiger partial charge in [0.25, 0.3) is 11.8 Å². The van der Waals surface area contributed by atoms with Gasteiger partial charge in [-0.1, -0.05) is 56.0 Å². The van der Waals surface area contributed by atoms with Crippen LogP contribution in [0.15, 0.2) is 85.2 Å². The van der Waals surface area contributed by atoms with Crippen molar-refractivity contribution in [2.75, 3.05) is 52.5 Å². The summed E-state index contributed by atoms with van der Waals surface area (Å²) in [5, 5.41) is 3.11. The molecule has 2 atom stereocenters. The van der Waals surface area contributed by atoms with Crippen LogP contribution in [-0.2, 0) is 22.7 Å². The Balaban J connectivity index is 0.000000201. The Morgan fingerprint density at radius 2 is 1.20 bits per heavy atom. The molecule has 3 saturated heterocycles. The molecule has 3 fully saturated rings. The minimum Gasteiger partial charge on any atom is -0.484 e. The van der Waals surface area contributed by atoms with E-state index < -0.39 is 0 Å². The molecular weight excluding hydrogens is 770 g/mol. The number of pyridine rings is 2. The number of piperidine rings is 2. The van der Waals surface area contributed by atoms with Gasteiger partial charge in [0.2, 0.25) is 11.8 Å². The molecule has 2 amide bonds. The Hall–Kier alpha value is -4.95. The first-order valence-corrected chi connectivity index (χ1v) is 20.4. The summed E-state index contributed by atoms with van der Waals surface area (Å²) in [5.74, 6) is 2.58. The lowest BCUT2D eigenvalue weighted by atomic mass is 10.0. The maximum atomic E-state index is 12.3. The zero-order valence-electron chi connectivity index (χ0n) is 32.9. The molecule has 9 rings (SSSR count). The summed E-state index contributed by atoms with van der Waals surface area (Å²) in [4.78, 5) is 39.0. The van der Waals surface area contributed by atoms with Gasteiger partial charge in [0.1, 0.15) is 13.2 Å². The zero-order valence-corrected chi connectivity index (χ0v) is 33.7. The molecule has 0 unspecified atom stereocenters. The fraction of sp³-hybridized carbons (Fsp3) is 0.467. The lowest BCUT2D eigenvalue weighted by Crippen LogP contribution is -2.47. The Labute approximate surface area is 354 Å². The van der Waals surface area contributed by atoms with E-state index in [9.17, 15) is 9.59 Å². The second kappa shape index (κ2) is 20.8. The molecule has 14 heteroatoms. The van der Waals surface area contributed by atoms with Gasteiger partial charge >= 0.3 is 0 Å². The van der Waals surface area contributed by atoms with Crippen LogP contribution in [-0.4, -0.2) is 101 Å². The highest BCUT2D eigenvalue weighted by Gasteiger charge is 2.27. The predicted octanol–water partition coefficient (Wildman–Crippen LogP) is 5.87. The average molecular weight is 828 g/mol. The van der Waals surface area contributed by atoms with E-state index in [2.05, 4.69) is 73.6 Å². The molecular formula is C45H58ClN7O6. The number of nitrogens with zero attached hydrogens (tertiary/aromatic N) is 5. The Kier molecular flexibility index (Phi) is 15.4. The Morgan fingerprint density at radius 3 is 1.68 bits per heavy atom. The van der Waals surface area contributed by atoms with Gasteiger partial charge in [-0.25, -0.2) is 9.97 Å². The van der Waals surface area contributed by atoms with E-state index in [4.69, 9.17) is 24.7 Å². The third-order valence-corrected chi connectivity index (χ3v) is 11.4. The quantitative estimate of drug-likeness (QED) is 0.209. The first-order valence-electron chi connectivity index (χ1n) is 20.4. The zero-order chi connectivity index (χ0) is 39.0. The fourth-order valence-corrected chi connectivity index (χ4v) is 8.00. The number of carbonyl (C=O) groups excluding carboxylic acids is 2. The first-order chi connectivity index (χ1) is 27.9. The van der Waals surface area contributed by atoms with Gasteiger partial charge in [-0.2, -0.15) is 0 Å². The van der Waals surface area contributed by atoms with Gasteiger partial charge < -0.3 is 34.9 Å². The number of nitrogens with two attached hydrogens (primary N) is 1. The van der Waals surface area contributed by atoms with Crippen LogP contribution in [0.5, 0.6) is 23.3 Å². The highest BCUT2D eigenvalue weighted by atomic mass is 35.5. The number of aromatic nitrogens is 2. The topological polar surface area (TPSA) is 145 Å². The lowest BCUT2D eigenvalue weighted by Gasteiger charge is -2.32. The number of halogens is 1. The van der Waals surface area contributed by atoms with E-state index in [-0.39, 0.29) is 56.4 Å². The van der Waals surface area contributed by atoms with E-state index in [1.165, 1.54) is 11.1 Å². The number of amides is 2. The molecule has 13 nitrogen and oxygen atoms in total. The second-order valence-electron chi connectivity index (χ2n) is 15.6. The number of ether oxygens (including phenoxy) is 4. The van der Waals surface area contributed by atoms with Crippen LogP contribution in [0.4, 0.5) is 0 Å². The summed E-state index contributed by atoms with van der Waals surface area (Å²) in [6.45, 7) is 7.82. The van der Waals surface area contributed by atoms with Crippen molar-refractivity contribution in [1.82, 2.24) is 30.0 Å². The van der Waals surface area contributed by atoms with Crippen LogP contribution in [0.1, 0.15) is 80.4 Å². The smallest absolute Gasteiger partial charge is 0.257 e. The number of nitrogens with one attached hydrogen (secondary N) is 1. The third-order valence-electron chi connectivity index (χ3n) is 11.4. The van der Waals surface area contributed by atoms with Crippen molar-refractivity contribution < 1.29 is 28.5 Å². The standard InChI is InChI=1S/C25H30N4O4.C19H23N3O2.CH4.ClH/c30-23(16-29-12-2-4-24(29)31)27-20-9-13-28(14-10-20)15-18-5-7-19(8-6-18)22-17-32-21-3-1-11-26-25(21)33-22;20-16-7-10-22(11-8-16)12-14-3-5-15(6-4-14)18-13-23-17-2-1-9-21-19(17)24-18;;/h1,3,5-8,11,20,22H,2,4,9-10,12-17H2,(H,27,30);1-6,9,16,18H,7-8,10-13,20H2;1H4;1H/t22-;18-;;/m11../s1. The maximum Gasteiger partial charge on any atom is 0.257 e. The van der Waals surface area contributed by atoms with Crippen LogP contribution in [0.3, 0.4) is 0 Å². The number of fused-ring (bicyclic) bond motifs is 2. The van der Waals surface area contributed by atoms with Crippen molar-refractivity contribution in [2.45, 2.75) is 83.3 Å². The van der Waals surface area contributed by atoms with Crippen LogP contribution >= 0.6 is 12.4 Å². The normalized spacial score (nSPS) is 20.7. The minimum atomic E-state index is -0.156. The van der Waals surface area contributed by atoms with Crippen LogP contribution in [0, 0.1) is 0 Å². The van der Waals surface area contributed by atoms with Crippen molar-refractivity contribution in [1.29, 1.82) is 0 Å². The molecule has 3 N–H and O–H groups in total. The first kappa shape index (κ1) is 43.6.